The first kappa shape index (κ1) is 19.0. The fourth-order valence-corrected chi connectivity index (χ4v) is 1.71. The van der Waals surface area contributed by atoms with Gasteiger partial charge in [-0.25, -0.2) is 0 Å². The molecule has 0 aliphatic carbocycles. The van der Waals surface area contributed by atoms with Crippen molar-refractivity contribution >= 4 is 23.8 Å². The summed E-state index contributed by atoms with van der Waals surface area (Å²) in [6.45, 7) is 1.87. The summed E-state index contributed by atoms with van der Waals surface area (Å²) in [7, 11) is 1.47. The molecular formula is C16H21N3O5. The maximum atomic E-state index is 11.6. The first-order valence-corrected chi connectivity index (χ1v) is 7.22. The molecule has 8 heteroatoms. The van der Waals surface area contributed by atoms with Crippen LogP contribution in [0.25, 0.3) is 6.08 Å². The van der Waals surface area contributed by atoms with E-state index in [0.29, 0.717) is 24.6 Å². The summed E-state index contributed by atoms with van der Waals surface area (Å²) in [4.78, 5) is 33.1. The lowest BCUT2D eigenvalue weighted by Crippen LogP contribution is -2.32. The van der Waals surface area contributed by atoms with Crippen LogP contribution in [0.5, 0.6) is 11.5 Å². The second-order valence-electron chi connectivity index (χ2n) is 4.77. The molecule has 4 N–H and O–H groups in total. The second-order valence-corrected chi connectivity index (χ2v) is 4.77. The molecule has 1 aromatic rings. The molecule has 0 bridgehead atoms. The van der Waals surface area contributed by atoms with E-state index in [-0.39, 0.29) is 18.4 Å². The van der Waals surface area contributed by atoms with Gasteiger partial charge in [-0.1, -0.05) is 6.07 Å². The van der Waals surface area contributed by atoms with Crippen LogP contribution in [0.3, 0.4) is 0 Å². The normalized spacial score (nSPS) is 10.2. The van der Waals surface area contributed by atoms with Crippen LogP contribution in [0.15, 0.2) is 24.3 Å². The molecule has 3 amide bonds. The predicted molar refractivity (Wildman–Crippen MR) is 88.4 cm³/mol. The number of ether oxygens (including phenoxy) is 2. The van der Waals surface area contributed by atoms with E-state index in [1.54, 1.807) is 24.3 Å². The van der Waals surface area contributed by atoms with Crippen molar-refractivity contribution in [1.29, 1.82) is 0 Å². The number of carbonyl (C=O) groups is 3. The molecule has 0 aromatic heterocycles. The summed E-state index contributed by atoms with van der Waals surface area (Å²) in [6, 6.07) is 4.99. The molecule has 0 aliphatic heterocycles. The first-order valence-electron chi connectivity index (χ1n) is 7.22. The van der Waals surface area contributed by atoms with Gasteiger partial charge in [0.25, 0.3) is 5.91 Å². The van der Waals surface area contributed by atoms with Crippen molar-refractivity contribution in [3.63, 3.8) is 0 Å². The Morgan fingerprint density at radius 1 is 1.17 bits per heavy atom. The highest BCUT2D eigenvalue weighted by atomic mass is 16.5. The fourth-order valence-electron chi connectivity index (χ4n) is 1.71. The smallest absolute Gasteiger partial charge is 0.255 e. The molecule has 0 saturated heterocycles. The van der Waals surface area contributed by atoms with Gasteiger partial charge in [-0.3, -0.25) is 14.4 Å². The summed E-state index contributed by atoms with van der Waals surface area (Å²) in [5.41, 5.74) is 5.74. The molecule has 0 unspecified atom stereocenters. The molecule has 130 valence electrons. The number of methoxy groups -OCH3 is 1. The van der Waals surface area contributed by atoms with Crippen LogP contribution in [0.2, 0.25) is 0 Å². The fraction of sp³-hybridized carbons (Fsp3) is 0.312. The first-order chi connectivity index (χ1) is 11.4. The molecule has 0 heterocycles. The van der Waals surface area contributed by atoms with E-state index in [4.69, 9.17) is 15.2 Å². The van der Waals surface area contributed by atoms with Crippen molar-refractivity contribution < 1.29 is 23.9 Å². The Hall–Kier alpha value is -3.03. The van der Waals surface area contributed by atoms with Gasteiger partial charge in [0, 0.05) is 26.1 Å². The highest BCUT2D eigenvalue weighted by molar-refractivity contribution is 5.91. The molecule has 8 nitrogen and oxygen atoms in total. The van der Waals surface area contributed by atoms with Gasteiger partial charge in [-0.05, 0) is 23.8 Å². The predicted octanol–water partition coefficient (Wildman–Crippen LogP) is -0.175. The zero-order valence-electron chi connectivity index (χ0n) is 13.6. The molecule has 1 rings (SSSR count). The molecule has 0 atom stereocenters. The third kappa shape index (κ3) is 7.30. The van der Waals surface area contributed by atoms with E-state index in [2.05, 4.69) is 10.6 Å². The lowest BCUT2D eigenvalue weighted by molar-refractivity contribution is -0.120. The van der Waals surface area contributed by atoms with Gasteiger partial charge in [0.1, 0.15) is 0 Å². The van der Waals surface area contributed by atoms with E-state index in [0.717, 1.165) is 5.56 Å². The number of rotatable bonds is 9. The van der Waals surface area contributed by atoms with E-state index in [1.165, 1.54) is 20.1 Å². The zero-order valence-corrected chi connectivity index (χ0v) is 13.6. The molecule has 24 heavy (non-hydrogen) atoms. The Bertz CT molecular complexity index is 628. The number of primary amides is 1. The standard InChI is InChI=1S/C16H21N3O5/c1-11(20)18-7-8-19-16(22)6-4-12-3-5-13(14(9-12)23-2)24-10-15(17)21/h3-6,9H,7-8,10H2,1-2H3,(H2,17,21)(H,18,20)(H,19,22)/b6-4+. The van der Waals surface area contributed by atoms with Gasteiger partial charge >= 0.3 is 0 Å². The quantitative estimate of drug-likeness (QED) is 0.427. The minimum absolute atomic E-state index is 0.148. The van der Waals surface area contributed by atoms with E-state index < -0.39 is 5.91 Å². The van der Waals surface area contributed by atoms with Gasteiger partial charge in [0.2, 0.25) is 11.8 Å². The monoisotopic (exact) mass is 335 g/mol. The molecule has 0 aliphatic rings. The van der Waals surface area contributed by atoms with Gasteiger partial charge in [0.05, 0.1) is 7.11 Å². The minimum atomic E-state index is -0.586. The largest absolute Gasteiger partial charge is 0.493 e. The summed E-state index contributed by atoms with van der Waals surface area (Å²) in [5, 5.41) is 5.21. The molecule has 0 spiro atoms. The van der Waals surface area contributed by atoms with Gasteiger partial charge in [0.15, 0.2) is 18.1 Å². The molecule has 0 radical (unpaired) electrons. The van der Waals surface area contributed by atoms with Crippen LogP contribution >= 0.6 is 0 Å². The molecular weight excluding hydrogens is 314 g/mol. The van der Waals surface area contributed by atoms with Gasteiger partial charge < -0.3 is 25.8 Å². The third-order valence-electron chi connectivity index (χ3n) is 2.78. The highest BCUT2D eigenvalue weighted by Gasteiger charge is 2.06. The van der Waals surface area contributed by atoms with Crippen LogP contribution < -0.4 is 25.8 Å². The topological polar surface area (TPSA) is 120 Å². The Morgan fingerprint density at radius 2 is 1.88 bits per heavy atom. The average Bonchev–Trinajstić information content (AvgIpc) is 2.55. The molecule has 0 saturated carbocycles. The zero-order chi connectivity index (χ0) is 17.9. The van der Waals surface area contributed by atoms with Crippen molar-refractivity contribution in [2.45, 2.75) is 6.92 Å². The summed E-state index contributed by atoms with van der Waals surface area (Å²) in [5.74, 6) is -0.214. The van der Waals surface area contributed by atoms with Crippen LogP contribution in [0.4, 0.5) is 0 Å². The average molecular weight is 335 g/mol. The van der Waals surface area contributed by atoms with Crippen LogP contribution in [0.1, 0.15) is 12.5 Å². The second kappa shape index (κ2) is 9.88. The Balaban J connectivity index is 2.58. The SMILES string of the molecule is COc1cc(/C=C/C(=O)NCCNC(C)=O)ccc1OCC(N)=O. The maximum absolute atomic E-state index is 11.6. The highest BCUT2D eigenvalue weighted by Crippen LogP contribution is 2.28. The van der Waals surface area contributed by atoms with Gasteiger partial charge in [-0.2, -0.15) is 0 Å². The number of amides is 3. The van der Waals surface area contributed by atoms with Gasteiger partial charge in [-0.15, -0.1) is 0 Å². The van der Waals surface area contributed by atoms with E-state index >= 15 is 0 Å². The minimum Gasteiger partial charge on any atom is -0.493 e. The number of carbonyl (C=O) groups excluding carboxylic acids is 3. The van der Waals surface area contributed by atoms with E-state index in [1.807, 2.05) is 0 Å². The third-order valence-corrected chi connectivity index (χ3v) is 2.78. The Labute approximate surface area is 140 Å². The Morgan fingerprint density at radius 3 is 2.50 bits per heavy atom. The van der Waals surface area contributed by atoms with Crippen molar-refractivity contribution in [3.05, 3.63) is 29.8 Å². The Kier molecular flexibility index (Phi) is 7.83. The number of hydrogen-bond acceptors (Lipinski definition) is 5. The molecule has 0 fully saturated rings. The molecule has 1 aromatic carbocycles. The number of nitrogens with two attached hydrogens (primary N) is 1. The van der Waals surface area contributed by atoms with Crippen molar-refractivity contribution in [2.24, 2.45) is 5.73 Å². The maximum Gasteiger partial charge on any atom is 0.255 e. The lowest BCUT2D eigenvalue weighted by Gasteiger charge is -2.10. The van der Waals surface area contributed by atoms with Crippen molar-refractivity contribution in [1.82, 2.24) is 10.6 Å². The van der Waals surface area contributed by atoms with Crippen molar-refractivity contribution in [2.75, 3.05) is 26.8 Å². The number of benzene rings is 1. The van der Waals surface area contributed by atoms with Crippen LogP contribution in [0, 0.1) is 0 Å². The number of nitrogens with one attached hydrogen (secondary N) is 2. The lowest BCUT2D eigenvalue weighted by atomic mass is 10.2. The van der Waals surface area contributed by atoms with Crippen LogP contribution in [-0.2, 0) is 14.4 Å². The van der Waals surface area contributed by atoms with Crippen molar-refractivity contribution in [3.8, 4) is 11.5 Å². The van der Waals surface area contributed by atoms with E-state index in [9.17, 15) is 14.4 Å². The summed E-state index contributed by atoms with van der Waals surface area (Å²) >= 11 is 0. The number of hydrogen-bond donors (Lipinski definition) is 3. The summed E-state index contributed by atoms with van der Waals surface area (Å²) < 4.78 is 10.4. The van der Waals surface area contributed by atoms with Crippen LogP contribution in [-0.4, -0.2) is 44.5 Å². The summed E-state index contributed by atoms with van der Waals surface area (Å²) in [6.07, 6.45) is 2.97.